The molecule has 0 fully saturated rings. The van der Waals surface area contributed by atoms with Crippen LogP contribution in [0.3, 0.4) is 0 Å². The van der Waals surface area contributed by atoms with E-state index in [1.807, 2.05) is 42.5 Å². The third-order valence-electron chi connectivity index (χ3n) is 5.11. The molecule has 1 N–H and O–H groups in total. The monoisotopic (exact) mass is 391 g/mol. The number of ether oxygens (including phenoxy) is 1. The van der Waals surface area contributed by atoms with Crippen molar-refractivity contribution in [2.45, 2.75) is 32.7 Å². The molecule has 1 aromatic heterocycles. The number of rotatable bonds is 6. The topological polar surface area (TPSA) is 63.6 Å². The van der Waals surface area contributed by atoms with Crippen molar-refractivity contribution in [1.82, 2.24) is 4.57 Å². The zero-order valence-corrected chi connectivity index (χ0v) is 16.6. The summed E-state index contributed by atoms with van der Waals surface area (Å²) in [6.07, 6.45) is 3.45. The second-order valence-electron chi connectivity index (χ2n) is 7.19. The number of para-hydroxylation sites is 2. The van der Waals surface area contributed by atoms with Gasteiger partial charge in [-0.15, -0.1) is 0 Å². The number of amides is 2. The van der Waals surface area contributed by atoms with E-state index in [0.717, 1.165) is 35.2 Å². The lowest BCUT2D eigenvalue weighted by Crippen LogP contribution is -2.38. The summed E-state index contributed by atoms with van der Waals surface area (Å²) < 4.78 is 7.79. The average molecular weight is 391 g/mol. The number of aromatic nitrogens is 1. The van der Waals surface area contributed by atoms with Crippen LogP contribution < -0.4 is 15.0 Å². The van der Waals surface area contributed by atoms with Gasteiger partial charge in [0.1, 0.15) is 12.4 Å². The molecule has 1 aliphatic rings. The molecule has 3 aromatic rings. The maximum absolute atomic E-state index is 12.6. The number of nitrogens with zero attached hydrogens (tertiary/aromatic N) is 2. The standard InChI is InChI=1S/C23H25N3O3/c1-2-12-25-13-11-17-16-18(7-8-19(17)25)24-22(27)9-10-23(28)26-14-15-29-21-6-4-3-5-20(21)26/h3-8,11,13,16H,2,9-10,12,14-15H2,1H3,(H,24,27). The first-order valence-electron chi connectivity index (χ1n) is 10.1. The van der Waals surface area contributed by atoms with Crippen LogP contribution >= 0.6 is 0 Å². The third-order valence-corrected chi connectivity index (χ3v) is 5.11. The average Bonchev–Trinajstić information content (AvgIpc) is 3.14. The molecule has 0 atom stereocenters. The Hall–Kier alpha value is -3.28. The van der Waals surface area contributed by atoms with Gasteiger partial charge in [0, 0.05) is 42.2 Å². The molecule has 4 rings (SSSR count). The van der Waals surface area contributed by atoms with Crippen LogP contribution in [-0.2, 0) is 16.1 Å². The summed E-state index contributed by atoms with van der Waals surface area (Å²) >= 11 is 0. The predicted molar refractivity (Wildman–Crippen MR) is 114 cm³/mol. The van der Waals surface area contributed by atoms with Gasteiger partial charge >= 0.3 is 0 Å². The Morgan fingerprint density at radius 1 is 1.10 bits per heavy atom. The molecule has 1 aliphatic heterocycles. The summed E-state index contributed by atoms with van der Waals surface area (Å²) in [5, 5.41) is 4.00. The van der Waals surface area contributed by atoms with Gasteiger partial charge in [0.05, 0.1) is 12.2 Å². The number of carbonyl (C=O) groups is 2. The van der Waals surface area contributed by atoms with Crippen LogP contribution in [0.2, 0.25) is 0 Å². The number of hydrogen-bond donors (Lipinski definition) is 1. The smallest absolute Gasteiger partial charge is 0.227 e. The van der Waals surface area contributed by atoms with Gasteiger partial charge in [-0.05, 0) is 42.8 Å². The highest BCUT2D eigenvalue weighted by molar-refractivity contribution is 5.99. The molecule has 2 heterocycles. The van der Waals surface area contributed by atoms with E-state index in [0.29, 0.717) is 18.9 Å². The van der Waals surface area contributed by atoms with E-state index < -0.39 is 0 Å². The quantitative estimate of drug-likeness (QED) is 0.685. The molecule has 0 aliphatic carbocycles. The van der Waals surface area contributed by atoms with Gasteiger partial charge in [-0.25, -0.2) is 0 Å². The van der Waals surface area contributed by atoms with E-state index in [2.05, 4.69) is 29.1 Å². The van der Waals surface area contributed by atoms with Crippen molar-refractivity contribution < 1.29 is 14.3 Å². The summed E-state index contributed by atoms with van der Waals surface area (Å²) in [5.41, 5.74) is 2.68. The Morgan fingerprint density at radius 2 is 1.97 bits per heavy atom. The Labute approximate surface area is 170 Å². The van der Waals surface area contributed by atoms with Crippen LogP contribution in [0.1, 0.15) is 26.2 Å². The SMILES string of the molecule is CCCn1ccc2cc(NC(=O)CCC(=O)N3CCOc4ccccc43)ccc21. The summed E-state index contributed by atoms with van der Waals surface area (Å²) in [6.45, 7) is 4.09. The van der Waals surface area contributed by atoms with Crippen LogP contribution in [0.25, 0.3) is 10.9 Å². The van der Waals surface area contributed by atoms with Gasteiger partial charge in [-0.3, -0.25) is 9.59 Å². The highest BCUT2D eigenvalue weighted by Crippen LogP contribution is 2.31. The van der Waals surface area contributed by atoms with Gasteiger partial charge in [0.2, 0.25) is 11.8 Å². The van der Waals surface area contributed by atoms with E-state index in [4.69, 9.17) is 4.74 Å². The molecule has 29 heavy (non-hydrogen) atoms. The molecular weight excluding hydrogens is 366 g/mol. The maximum Gasteiger partial charge on any atom is 0.227 e. The first-order valence-corrected chi connectivity index (χ1v) is 10.1. The molecule has 0 radical (unpaired) electrons. The van der Waals surface area contributed by atoms with Crippen molar-refractivity contribution in [2.75, 3.05) is 23.4 Å². The zero-order chi connectivity index (χ0) is 20.2. The number of benzene rings is 2. The lowest BCUT2D eigenvalue weighted by molar-refractivity contribution is -0.122. The molecule has 0 spiro atoms. The predicted octanol–water partition coefficient (Wildman–Crippen LogP) is 4.20. The number of fused-ring (bicyclic) bond motifs is 2. The van der Waals surface area contributed by atoms with Crippen molar-refractivity contribution >= 4 is 34.1 Å². The van der Waals surface area contributed by atoms with Crippen molar-refractivity contribution in [3.8, 4) is 5.75 Å². The number of aryl methyl sites for hydroxylation is 1. The van der Waals surface area contributed by atoms with Crippen LogP contribution in [0.4, 0.5) is 11.4 Å². The fourth-order valence-corrected chi connectivity index (χ4v) is 3.72. The number of carbonyl (C=O) groups excluding carboxylic acids is 2. The van der Waals surface area contributed by atoms with Crippen molar-refractivity contribution in [3.05, 3.63) is 54.7 Å². The van der Waals surface area contributed by atoms with Crippen molar-refractivity contribution in [3.63, 3.8) is 0 Å². The van der Waals surface area contributed by atoms with Gasteiger partial charge in [0.15, 0.2) is 0 Å². The molecule has 0 bridgehead atoms. The summed E-state index contributed by atoms with van der Waals surface area (Å²) in [7, 11) is 0. The van der Waals surface area contributed by atoms with Gasteiger partial charge in [0.25, 0.3) is 0 Å². The fraction of sp³-hybridized carbons (Fsp3) is 0.304. The van der Waals surface area contributed by atoms with E-state index in [9.17, 15) is 9.59 Å². The normalized spacial score (nSPS) is 13.1. The molecule has 2 aromatic carbocycles. The highest BCUT2D eigenvalue weighted by Gasteiger charge is 2.23. The fourth-order valence-electron chi connectivity index (χ4n) is 3.72. The lowest BCUT2D eigenvalue weighted by Gasteiger charge is -2.29. The molecule has 6 nitrogen and oxygen atoms in total. The Kier molecular flexibility index (Phi) is 5.51. The zero-order valence-electron chi connectivity index (χ0n) is 16.6. The van der Waals surface area contributed by atoms with E-state index in [-0.39, 0.29) is 24.7 Å². The van der Waals surface area contributed by atoms with E-state index in [1.165, 1.54) is 0 Å². The second kappa shape index (κ2) is 8.39. The third kappa shape index (κ3) is 4.11. The minimum Gasteiger partial charge on any atom is -0.490 e. The molecule has 0 saturated heterocycles. The molecule has 2 amide bonds. The maximum atomic E-state index is 12.6. The van der Waals surface area contributed by atoms with Crippen LogP contribution in [-0.4, -0.2) is 29.5 Å². The van der Waals surface area contributed by atoms with Crippen LogP contribution in [0.15, 0.2) is 54.7 Å². The summed E-state index contributed by atoms with van der Waals surface area (Å²) in [6, 6.07) is 15.4. The number of nitrogens with one attached hydrogen (secondary N) is 1. The Bertz CT molecular complexity index is 1040. The largest absolute Gasteiger partial charge is 0.490 e. The van der Waals surface area contributed by atoms with E-state index in [1.54, 1.807) is 4.90 Å². The highest BCUT2D eigenvalue weighted by atomic mass is 16.5. The first-order chi connectivity index (χ1) is 14.2. The Balaban J connectivity index is 1.36. The van der Waals surface area contributed by atoms with Gasteiger partial charge < -0.3 is 19.5 Å². The minimum absolute atomic E-state index is 0.0667. The van der Waals surface area contributed by atoms with Gasteiger partial charge in [-0.1, -0.05) is 19.1 Å². The molecular formula is C23H25N3O3. The Morgan fingerprint density at radius 3 is 2.83 bits per heavy atom. The summed E-state index contributed by atoms with van der Waals surface area (Å²) in [4.78, 5) is 26.7. The van der Waals surface area contributed by atoms with Crippen molar-refractivity contribution in [2.24, 2.45) is 0 Å². The molecule has 0 saturated carbocycles. The second-order valence-corrected chi connectivity index (χ2v) is 7.19. The van der Waals surface area contributed by atoms with E-state index >= 15 is 0 Å². The van der Waals surface area contributed by atoms with Crippen LogP contribution in [0.5, 0.6) is 5.75 Å². The minimum atomic E-state index is -0.160. The van der Waals surface area contributed by atoms with Crippen LogP contribution in [0, 0.1) is 0 Å². The molecule has 150 valence electrons. The van der Waals surface area contributed by atoms with Gasteiger partial charge in [-0.2, -0.15) is 0 Å². The lowest BCUT2D eigenvalue weighted by atomic mass is 10.2. The summed E-state index contributed by atoms with van der Waals surface area (Å²) in [5.74, 6) is 0.482. The number of hydrogen-bond acceptors (Lipinski definition) is 3. The number of anilines is 2. The van der Waals surface area contributed by atoms with Crippen molar-refractivity contribution in [1.29, 1.82) is 0 Å². The first kappa shape index (κ1) is 19.1. The molecule has 6 heteroatoms. The molecule has 0 unspecified atom stereocenters.